The molecule has 0 spiro atoms. The highest BCUT2D eigenvalue weighted by atomic mass is 32.1. The Morgan fingerprint density at radius 1 is 1.17 bits per heavy atom. The molecule has 0 unspecified atom stereocenters. The maximum Gasteiger partial charge on any atom is 0.264 e. The molecule has 1 N–H and O–H groups in total. The molecule has 2 aromatic carbocycles. The van der Waals surface area contributed by atoms with Crippen LogP contribution in [0, 0.1) is 0 Å². The number of hydrogen-bond donors (Lipinski definition) is 1. The third-order valence-electron chi connectivity index (χ3n) is 4.59. The van der Waals surface area contributed by atoms with Gasteiger partial charge in [0, 0.05) is 10.9 Å². The Labute approximate surface area is 178 Å². The van der Waals surface area contributed by atoms with Crippen molar-refractivity contribution in [3.05, 3.63) is 59.5 Å². The van der Waals surface area contributed by atoms with Gasteiger partial charge < -0.3 is 9.47 Å². The van der Waals surface area contributed by atoms with Gasteiger partial charge in [-0.25, -0.2) is 4.52 Å². The zero-order valence-corrected chi connectivity index (χ0v) is 17.8. The molecule has 0 atom stereocenters. The first-order valence-electron chi connectivity index (χ1n) is 9.55. The van der Waals surface area contributed by atoms with E-state index in [0.717, 1.165) is 22.6 Å². The number of anilines is 1. The van der Waals surface area contributed by atoms with Crippen LogP contribution in [0.1, 0.15) is 25.3 Å². The SMILES string of the molecule is COc1cccc(-c2csc3nc(NC(=O)COc4cccc(C(C)C)c4)nn23)c1. The van der Waals surface area contributed by atoms with Gasteiger partial charge in [-0.15, -0.1) is 16.4 Å². The average Bonchev–Trinajstić information content (AvgIpc) is 3.32. The van der Waals surface area contributed by atoms with E-state index in [-0.39, 0.29) is 18.5 Å². The van der Waals surface area contributed by atoms with Crippen molar-refractivity contribution >= 4 is 28.2 Å². The molecular weight excluding hydrogens is 400 g/mol. The number of carbonyl (C=O) groups excluding carboxylic acids is 1. The van der Waals surface area contributed by atoms with Crippen molar-refractivity contribution in [1.29, 1.82) is 0 Å². The van der Waals surface area contributed by atoms with E-state index in [1.54, 1.807) is 11.6 Å². The van der Waals surface area contributed by atoms with Gasteiger partial charge in [-0.3, -0.25) is 10.1 Å². The van der Waals surface area contributed by atoms with E-state index in [4.69, 9.17) is 9.47 Å². The van der Waals surface area contributed by atoms with Crippen molar-refractivity contribution in [2.24, 2.45) is 0 Å². The van der Waals surface area contributed by atoms with Gasteiger partial charge in [-0.1, -0.05) is 38.1 Å². The minimum absolute atomic E-state index is 0.114. The fourth-order valence-corrected chi connectivity index (χ4v) is 3.82. The fourth-order valence-electron chi connectivity index (χ4n) is 2.99. The highest BCUT2D eigenvalue weighted by molar-refractivity contribution is 7.15. The van der Waals surface area contributed by atoms with E-state index in [1.807, 2.05) is 53.9 Å². The van der Waals surface area contributed by atoms with E-state index >= 15 is 0 Å². The van der Waals surface area contributed by atoms with Gasteiger partial charge in [0.1, 0.15) is 11.5 Å². The third-order valence-corrected chi connectivity index (χ3v) is 5.41. The molecule has 0 saturated carbocycles. The molecule has 1 amide bonds. The predicted octanol–water partition coefficient (Wildman–Crippen LogP) is 4.61. The molecule has 30 heavy (non-hydrogen) atoms. The van der Waals surface area contributed by atoms with Crippen molar-refractivity contribution < 1.29 is 14.3 Å². The van der Waals surface area contributed by atoms with Crippen LogP contribution >= 0.6 is 11.3 Å². The summed E-state index contributed by atoms with van der Waals surface area (Å²) >= 11 is 1.45. The number of hydrogen-bond acceptors (Lipinski definition) is 6. The molecule has 154 valence electrons. The second-order valence-electron chi connectivity index (χ2n) is 7.05. The summed E-state index contributed by atoms with van der Waals surface area (Å²) < 4.78 is 12.6. The number of amides is 1. The number of nitrogens with one attached hydrogen (secondary N) is 1. The first-order valence-corrected chi connectivity index (χ1v) is 10.4. The summed E-state index contributed by atoms with van der Waals surface area (Å²) in [5.41, 5.74) is 2.99. The van der Waals surface area contributed by atoms with Crippen molar-refractivity contribution in [3.63, 3.8) is 0 Å². The van der Waals surface area contributed by atoms with Crippen molar-refractivity contribution in [2.45, 2.75) is 19.8 Å². The smallest absolute Gasteiger partial charge is 0.264 e. The lowest BCUT2D eigenvalue weighted by Crippen LogP contribution is -2.21. The van der Waals surface area contributed by atoms with Gasteiger partial charge in [0.15, 0.2) is 6.61 Å². The highest BCUT2D eigenvalue weighted by Crippen LogP contribution is 2.28. The molecule has 0 aliphatic rings. The number of methoxy groups -OCH3 is 1. The predicted molar refractivity (Wildman–Crippen MR) is 118 cm³/mol. The summed E-state index contributed by atoms with van der Waals surface area (Å²) in [5.74, 6) is 1.75. The maximum absolute atomic E-state index is 12.3. The van der Waals surface area contributed by atoms with Crippen LogP contribution in [-0.2, 0) is 4.79 Å². The van der Waals surface area contributed by atoms with Crippen molar-refractivity contribution in [2.75, 3.05) is 19.0 Å². The number of benzene rings is 2. The number of carbonyl (C=O) groups is 1. The van der Waals surface area contributed by atoms with Crippen molar-refractivity contribution in [1.82, 2.24) is 14.6 Å². The second-order valence-corrected chi connectivity index (χ2v) is 7.88. The Morgan fingerprint density at radius 3 is 2.77 bits per heavy atom. The van der Waals surface area contributed by atoms with Gasteiger partial charge in [0.05, 0.1) is 12.8 Å². The molecule has 2 heterocycles. The number of rotatable bonds is 7. The van der Waals surface area contributed by atoms with Gasteiger partial charge in [0.25, 0.3) is 11.9 Å². The number of fused-ring (bicyclic) bond motifs is 1. The summed E-state index contributed by atoms with van der Waals surface area (Å²) in [6.45, 7) is 4.11. The quantitative estimate of drug-likeness (QED) is 0.471. The molecule has 8 heteroatoms. The topological polar surface area (TPSA) is 77.8 Å². The number of aromatic nitrogens is 3. The van der Waals surface area contributed by atoms with Crippen LogP contribution in [0.3, 0.4) is 0 Å². The lowest BCUT2D eigenvalue weighted by Gasteiger charge is -2.09. The molecule has 4 aromatic rings. The highest BCUT2D eigenvalue weighted by Gasteiger charge is 2.14. The molecule has 2 aromatic heterocycles. The lowest BCUT2D eigenvalue weighted by atomic mass is 10.0. The third kappa shape index (κ3) is 4.28. The summed E-state index contributed by atoms with van der Waals surface area (Å²) in [4.78, 5) is 17.4. The maximum atomic E-state index is 12.3. The molecular formula is C22H22N4O3S. The Kier molecular flexibility index (Phi) is 5.67. The van der Waals surface area contributed by atoms with Crippen LogP contribution in [0.15, 0.2) is 53.9 Å². The molecule has 0 fully saturated rings. The zero-order chi connectivity index (χ0) is 21.1. The molecule has 4 rings (SSSR count). The van der Waals surface area contributed by atoms with E-state index in [1.165, 1.54) is 11.3 Å². The number of thiazole rings is 1. The first kappa shape index (κ1) is 19.9. The van der Waals surface area contributed by atoms with Crippen LogP contribution in [0.2, 0.25) is 0 Å². The van der Waals surface area contributed by atoms with Gasteiger partial charge >= 0.3 is 0 Å². The van der Waals surface area contributed by atoms with Crippen molar-refractivity contribution in [3.8, 4) is 22.8 Å². The van der Waals surface area contributed by atoms with E-state index < -0.39 is 0 Å². The number of ether oxygens (including phenoxy) is 2. The zero-order valence-electron chi connectivity index (χ0n) is 17.0. The van der Waals surface area contributed by atoms with E-state index in [0.29, 0.717) is 16.6 Å². The van der Waals surface area contributed by atoms with Gasteiger partial charge in [0.2, 0.25) is 4.96 Å². The Bertz CT molecular complexity index is 1180. The van der Waals surface area contributed by atoms with Crippen LogP contribution in [0.25, 0.3) is 16.2 Å². The van der Waals surface area contributed by atoms with Crippen LogP contribution < -0.4 is 14.8 Å². The second kappa shape index (κ2) is 8.54. The van der Waals surface area contributed by atoms with Gasteiger partial charge in [-0.2, -0.15) is 4.98 Å². The van der Waals surface area contributed by atoms with Crippen LogP contribution in [0.5, 0.6) is 11.5 Å². The summed E-state index contributed by atoms with van der Waals surface area (Å²) in [5, 5.41) is 9.10. The summed E-state index contributed by atoms with van der Waals surface area (Å²) in [7, 11) is 1.63. The summed E-state index contributed by atoms with van der Waals surface area (Å²) in [6.07, 6.45) is 0. The van der Waals surface area contributed by atoms with Crippen LogP contribution in [-0.4, -0.2) is 34.2 Å². The molecule has 0 aliphatic carbocycles. The van der Waals surface area contributed by atoms with E-state index in [2.05, 4.69) is 29.2 Å². The first-order chi connectivity index (χ1) is 14.5. The number of nitrogens with zero attached hydrogens (tertiary/aromatic N) is 3. The van der Waals surface area contributed by atoms with Gasteiger partial charge in [-0.05, 0) is 35.7 Å². The largest absolute Gasteiger partial charge is 0.497 e. The summed E-state index contributed by atoms with van der Waals surface area (Å²) in [6, 6.07) is 15.5. The van der Waals surface area contributed by atoms with Crippen LogP contribution in [0.4, 0.5) is 5.95 Å². The fraction of sp³-hybridized carbons (Fsp3) is 0.227. The van der Waals surface area contributed by atoms with E-state index in [9.17, 15) is 4.79 Å². The Balaban J connectivity index is 1.45. The molecule has 0 radical (unpaired) electrons. The monoisotopic (exact) mass is 422 g/mol. The normalized spacial score (nSPS) is 11.1. The average molecular weight is 423 g/mol. The minimum atomic E-state index is -0.314. The standard InChI is InChI=1S/C22H22N4O3S/c1-14(2)15-6-4-9-18(10-15)29-12-20(27)23-21-24-22-26(25-21)19(13-30-22)16-7-5-8-17(11-16)28-3/h4-11,13-14H,12H2,1-3H3,(H,23,25,27). The Morgan fingerprint density at radius 2 is 1.97 bits per heavy atom. The molecule has 0 aliphatic heterocycles. The molecule has 0 saturated heterocycles. The lowest BCUT2D eigenvalue weighted by molar-refractivity contribution is -0.118. The minimum Gasteiger partial charge on any atom is -0.497 e. The molecule has 7 nitrogen and oxygen atoms in total. The Hall–Kier alpha value is -3.39. The molecule has 0 bridgehead atoms.